The molecule has 0 aliphatic carbocycles. The molecule has 0 fully saturated rings. The zero-order chi connectivity index (χ0) is 20.6. The van der Waals surface area contributed by atoms with Crippen molar-refractivity contribution in [3.8, 4) is 22.9 Å². The number of benzene rings is 2. The molecule has 2 aromatic carbocycles. The van der Waals surface area contributed by atoms with Gasteiger partial charge in [-0.2, -0.15) is 4.98 Å². The van der Waals surface area contributed by atoms with Gasteiger partial charge in [0.1, 0.15) is 5.82 Å². The van der Waals surface area contributed by atoms with Crippen LogP contribution in [0.3, 0.4) is 0 Å². The Kier molecular flexibility index (Phi) is 7.07. The third-order valence-electron chi connectivity index (χ3n) is 3.99. The number of carbonyl (C=O) groups is 1. The Morgan fingerprint density at radius 3 is 2.69 bits per heavy atom. The maximum Gasteiger partial charge on any atom is 0.236 e. The van der Waals surface area contributed by atoms with Crippen LogP contribution in [0.2, 0.25) is 0 Å². The second-order valence-electron chi connectivity index (χ2n) is 5.94. The number of aromatic nitrogens is 2. The summed E-state index contributed by atoms with van der Waals surface area (Å²) in [6.07, 6.45) is 0. The number of thioether (sulfide) groups is 1. The van der Waals surface area contributed by atoms with Crippen molar-refractivity contribution in [1.29, 1.82) is 0 Å². The van der Waals surface area contributed by atoms with Crippen molar-refractivity contribution in [2.75, 3.05) is 20.0 Å². The van der Waals surface area contributed by atoms with Gasteiger partial charge in [-0.3, -0.25) is 4.79 Å². The molecular formula is C20H20FN3O4S. The zero-order valence-corrected chi connectivity index (χ0v) is 16.8. The summed E-state index contributed by atoms with van der Waals surface area (Å²) >= 11 is 1.35. The number of amides is 1. The first-order chi connectivity index (χ1) is 14.1. The topological polar surface area (TPSA) is 86.5 Å². The minimum Gasteiger partial charge on any atom is -0.493 e. The molecular weight excluding hydrogens is 397 g/mol. The molecule has 29 heavy (non-hydrogen) atoms. The quantitative estimate of drug-likeness (QED) is 0.571. The largest absolute Gasteiger partial charge is 0.493 e. The van der Waals surface area contributed by atoms with Gasteiger partial charge in [0.05, 0.1) is 25.7 Å². The molecule has 1 aromatic heterocycles. The molecule has 1 heterocycles. The molecule has 3 aromatic rings. The SMILES string of the molecule is COc1cccc(CNC(=O)CSCc2nc(-c3ccc(F)cc3)no2)c1OC. The van der Waals surface area contributed by atoms with Crippen molar-refractivity contribution in [2.24, 2.45) is 0 Å². The molecule has 7 nitrogen and oxygen atoms in total. The van der Waals surface area contributed by atoms with E-state index in [9.17, 15) is 9.18 Å². The fourth-order valence-electron chi connectivity index (χ4n) is 2.60. The van der Waals surface area contributed by atoms with Crippen LogP contribution in [0.5, 0.6) is 11.5 Å². The van der Waals surface area contributed by atoms with E-state index in [2.05, 4.69) is 15.5 Å². The summed E-state index contributed by atoms with van der Waals surface area (Å²) in [5.74, 6) is 2.17. The van der Waals surface area contributed by atoms with Gasteiger partial charge in [0.15, 0.2) is 11.5 Å². The van der Waals surface area contributed by atoms with E-state index in [1.165, 1.54) is 23.9 Å². The van der Waals surface area contributed by atoms with Gasteiger partial charge in [0.25, 0.3) is 0 Å². The predicted octanol–water partition coefficient (Wildman–Crippen LogP) is 3.44. The standard InChI is InChI=1S/C20H20FN3O4S/c1-26-16-5-3-4-14(19(16)27-2)10-22-17(25)11-29-12-18-23-20(24-28-18)13-6-8-15(21)9-7-13/h3-9H,10-12H2,1-2H3,(H,22,25). The zero-order valence-electron chi connectivity index (χ0n) is 16.0. The van der Waals surface area contributed by atoms with E-state index in [0.717, 1.165) is 5.56 Å². The first-order valence-corrected chi connectivity index (χ1v) is 9.89. The highest BCUT2D eigenvalue weighted by molar-refractivity contribution is 7.99. The normalized spacial score (nSPS) is 10.6. The molecule has 0 radical (unpaired) electrons. The predicted molar refractivity (Wildman–Crippen MR) is 107 cm³/mol. The van der Waals surface area contributed by atoms with E-state index in [0.29, 0.717) is 41.1 Å². The average Bonchev–Trinajstić information content (AvgIpc) is 3.21. The fourth-order valence-corrected chi connectivity index (χ4v) is 3.28. The van der Waals surface area contributed by atoms with Crippen LogP contribution < -0.4 is 14.8 Å². The van der Waals surface area contributed by atoms with E-state index in [-0.39, 0.29) is 17.5 Å². The van der Waals surface area contributed by atoms with Crippen LogP contribution in [0.1, 0.15) is 11.5 Å². The number of nitrogens with zero attached hydrogens (tertiary/aromatic N) is 2. The van der Waals surface area contributed by atoms with Crippen LogP contribution in [-0.4, -0.2) is 36.0 Å². The molecule has 1 N–H and O–H groups in total. The summed E-state index contributed by atoms with van der Waals surface area (Å²) in [4.78, 5) is 16.4. The first kappa shape index (κ1) is 20.7. The number of rotatable bonds is 9. The van der Waals surface area contributed by atoms with Crippen molar-refractivity contribution in [2.45, 2.75) is 12.3 Å². The lowest BCUT2D eigenvalue weighted by atomic mass is 10.2. The third-order valence-corrected chi connectivity index (χ3v) is 4.91. The van der Waals surface area contributed by atoms with Crippen LogP contribution >= 0.6 is 11.8 Å². The lowest BCUT2D eigenvalue weighted by molar-refractivity contribution is -0.118. The van der Waals surface area contributed by atoms with Gasteiger partial charge in [0, 0.05) is 17.7 Å². The molecule has 9 heteroatoms. The molecule has 3 rings (SSSR count). The molecule has 1 amide bonds. The van der Waals surface area contributed by atoms with Crippen molar-refractivity contribution in [1.82, 2.24) is 15.5 Å². The maximum atomic E-state index is 13.0. The van der Waals surface area contributed by atoms with E-state index in [4.69, 9.17) is 14.0 Å². The molecule has 0 spiro atoms. The van der Waals surface area contributed by atoms with E-state index >= 15 is 0 Å². The molecule has 0 saturated carbocycles. The van der Waals surface area contributed by atoms with Crippen molar-refractivity contribution in [3.63, 3.8) is 0 Å². The van der Waals surface area contributed by atoms with E-state index in [1.54, 1.807) is 32.4 Å². The molecule has 0 saturated heterocycles. The summed E-state index contributed by atoms with van der Waals surface area (Å²) in [7, 11) is 3.12. The number of halogens is 1. The summed E-state index contributed by atoms with van der Waals surface area (Å²) < 4.78 is 28.8. The van der Waals surface area contributed by atoms with Crippen LogP contribution in [0.15, 0.2) is 47.0 Å². The Morgan fingerprint density at radius 1 is 1.17 bits per heavy atom. The number of methoxy groups -OCH3 is 2. The Bertz CT molecular complexity index is 963. The molecule has 0 atom stereocenters. The highest BCUT2D eigenvalue weighted by Gasteiger charge is 2.12. The highest BCUT2D eigenvalue weighted by atomic mass is 32.2. The average molecular weight is 417 g/mol. The van der Waals surface area contributed by atoms with Gasteiger partial charge in [-0.25, -0.2) is 4.39 Å². The Balaban J connectivity index is 1.47. The van der Waals surface area contributed by atoms with Gasteiger partial charge < -0.3 is 19.3 Å². The Labute approximate surface area is 171 Å². The van der Waals surface area contributed by atoms with E-state index < -0.39 is 0 Å². The number of nitrogens with one attached hydrogen (secondary N) is 1. The van der Waals surface area contributed by atoms with Crippen LogP contribution in [0.4, 0.5) is 4.39 Å². The smallest absolute Gasteiger partial charge is 0.236 e. The molecule has 152 valence electrons. The Morgan fingerprint density at radius 2 is 1.97 bits per heavy atom. The number of carbonyl (C=O) groups excluding carboxylic acids is 1. The molecule has 0 aliphatic heterocycles. The second kappa shape index (κ2) is 9.92. The molecule has 0 aliphatic rings. The minimum absolute atomic E-state index is 0.127. The van der Waals surface area contributed by atoms with Crippen molar-refractivity contribution < 1.29 is 23.2 Å². The Hall–Kier alpha value is -3.07. The van der Waals surface area contributed by atoms with Gasteiger partial charge in [-0.1, -0.05) is 17.3 Å². The number of hydrogen-bond donors (Lipinski definition) is 1. The summed E-state index contributed by atoms with van der Waals surface area (Å²) in [5, 5.41) is 6.73. The van der Waals surface area contributed by atoms with Gasteiger partial charge in [0.2, 0.25) is 17.6 Å². The first-order valence-electron chi connectivity index (χ1n) is 8.73. The van der Waals surface area contributed by atoms with Gasteiger partial charge in [-0.15, -0.1) is 11.8 Å². The lowest BCUT2D eigenvalue weighted by Crippen LogP contribution is -2.24. The van der Waals surface area contributed by atoms with Crippen molar-refractivity contribution >= 4 is 17.7 Å². The van der Waals surface area contributed by atoms with Crippen LogP contribution in [-0.2, 0) is 17.1 Å². The molecule has 0 unspecified atom stereocenters. The summed E-state index contributed by atoms with van der Waals surface area (Å²) in [5.41, 5.74) is 1.49. The monoisotopic (exact) mass is 417 g/mol. The maximum absolute atomic E-state index is 13.0. The number of para-hydroxylation sites is 1. The third kappa shape index (κ3) is 5.47. The minimum atomic E-state index is -0.328. The van der Waals surface area contributed by atoms with Crippen LogP contribution in [0, 0.1) is 5.82 Å². The molecule has 0 bridgehead atoms. The van der Waals surface area contributed by atoms with Crippen LogP contribution in [0.25, 0.3) is 11.4 Å². The fraction of sp³-hybridized carbons (Fsp3) is 0.250. The summed E-state index contributed by atoms with van der Waals surface area (Å²) in [6.45, 7) is 0.328. The summed E-state index contributed by atoms with van der Waals surface area (Å²) in [6, 6.07) is 11.3. The van der Waals surface area contributed by atoms with Gasteiger partial charge >= 0.3 is 0 Å². The number of hydrogen-bond acceptors (Lipinski definition) is 7. The second-order valence-corrected chi connectivity index (χ2v) is 6.93. The van der Waals surface area contributed by atoms with E-state index in [1.807, 2.05) is 12.1 Å². The lowest BCUT2D eigenvalue weighted by Gasteiger charge is -2.13. The van der Waals surface area contributed by atoms with Gasteiger partial charge in [-0.05, 0) is 30.3 Å². The highest BCUT2D eigenvalue weighted by Crippen LogP contribution is 2.30. The van der Waals surface area contributed by atoms with Crippen molar-refractivity contribution in [3.05, 3.63) is 59.7 Å². The number of ether oxygens (including phenoxy) is 2.